The normalized spacial score (nSPS) is 11.5. The number of benzene rings is 1. The van der Waals surface area contributed by atoms with Gasteiger partial charge in [0.05, 0.1) is 0 Å². The molecule has 1 unspecified atom stereocenters. The molecule has 18 heavy (non-hydrogen) atoms. The lowest BCUT2D eigenvalue weighted by atomic mass is 10.1. The fourth-order valence-corrected chi connectivity index (χ4v) is 1.60. The van der Waals surface area contributed by atoms with Gasteiger partial charge < -0.3 is 11.1 Å². The molecule has 1 aromatic rings. The molecule has 0 aromatic heterocycles. The molecule has 0 saturated carbocycles. The fraction of sp³-hybridized carbons (Fsp3) is 0.462. The van der Waals surface area contributed by atoms with Gasteiger partial charge in [-0.05, 0) is 24.6 Å². The van der Waals surface area contributed by atoms with Crippen molar-refractivity contribution in [1.29, 1.82) is 0 Å². The van der Waals surface area contributed by atoms with E-state index in [0.717, 1.165) is 19.3 Å². The van der Waals surface area contributed by atoms with Crippen molar-refractivity contribution in [2.75, 3.05) is 6.54 Å². The Hall–Kier alpha value is -1.13. The molecule has 3 nitrogen and oxygen atoms in total. The zero-order chi connectivity index (χ0) is 12.7. The fourth-order valence-electron chi connectivity index (χ4n) is 1.60. The Kier molecular flexibility index (Phi) is 8.33. The molecule has 0 saturated heterocycles. The van der Waals surface area contributed by atoms with Crippen molar-refractivity contribution in [3.8, 4) is 0 Å². The van der Waals surface area contributed by atoms with E-state index in [0.29, 0.717) is 12.1 Å². The third kappa shape index (κ3) is 5.47. The minimum Gasteiger partial charge on any atom is -0.348 e. The topological polar surface area (TPSA) is 55.1 Å². The van der Waals surface area contributed by atoms with Crippen LogP contribution in [0.1, 0.15) is 36.5 Å². The number of carbonyl (C=O) groups excluding carboxylic acids is 1. The number of hydrogen-bond donors (Lipinski definition) is 2. The number of nitrogens with two attached hydrogens (primary N) is 1. The highest BCUT2D eigenvalue weighted by Gasteiger charge is 2.12. The van der Waals surface area contributed by atoms with E-state index < -0.39 is 5.82 Å². The third-order valence-electron chi connectivity index (χ3n) is 2.61. The van der Waals surface area contributed by atoms with Gasteiger partial charge in [-0.15, -0.1) is 12.4 Å². The highest BCUT2D eigenvalue weighted by molar-refractivity contribution is 5.94. The van der Waals surface area contributed by atoms with E-state index in [2.05, 4.69) is 12.2 Å². The molecule has 3 N–H and O–H groups in total. The van der Waals surface area contributed by atoms with Gasteiger partial charge in [-0.1, -0.05) is 25.8 Å². The van der Waals surface area contributed by atoms with Crippen LogP contribution >= 0.6 is 12.4 Å². The summed E-state index contributed by atoms with van der Waals surface area (Å²) >= 11 is 0. The summed E-state index contributed by atoms with van der Waals surface area (Å²) < 4.78 is 12.9. The second-order valence-corrected chi connectivity index (χ2v) is 4.06. The van der Waals surface area contributed by atoms with Gasteiger partial charge in [-0.2, -0.15) is 0 Å². The Bertz CT molecular complexity index is 374. The van der Waals surface area contributed by atoms with Gasteiger partial charge in [-0.25, -0.2) is 4.39 Å². The van der Waals surface area contributed by atoms with Crippen molar-refractivity contribution in [1.82, 2.24) is 5.32 Å². The van der Waals surface area contributed by atoms with E-state index in [-0.39, 0.29) is 24.4 Å². The lowest BCUT2D eigenvalue weighted by molar-refractivity contribution is 0.0935. The maximum Gasteiger partial charge on any atom is 0.251 e. The first kappa shape index (κ1) is 16.9. The second-order valence-electron chi connectivity index (χ2n) is 4.06. The highest BCUT2D eigenvalue weighted by Crippen LogP contribution is 2.05. The van der Waals surface area contributed by atoms with E-state index in [9.17, 15) is 9.18 Å². The number of halogens is 2. The summed E-state index contributed by atoms with van der Waals surface area (Å²) in [5.74, 6) is -0.674. The average Bonchev–Trinajstić information content (AvgIpc) is 2.34. The Labute approximate surface area is 113 Å². The van der Waals surface area contributed by atoms with Gasteiger partial charge in [0, 0.05) is 18.2 Å². The number of rotatable bonds is 6. The summed E-state index contributed by atoms with van der Waals surface area (Å²) in [6, 6.07) is 5.61. The van der Waals surface area contributed by atoms with Crippen LogP contribution < -0.4 is 11.1 Å². The van der Waals surface area contributed by atoms with E-state index in [1.165, 1.54) is 18.2 Å². The molecular formula is C13H20ClFN2O. The van der Waals surface area contributed by atoms with Crippen molar-refractivity contribution in [3.63, 3.8) is 0 Å². The van der Waals surface area contributed by atoms with Gasteiger partial charge >= 0.3 is 0 Å². The largest absolute Gasteiger partial charge is 0.348 e. The minimum atomic E-state index is -0.407. The van der Waals surface area contributed by atoms with Crippen LogP contribution in [0.4, 0.5) is 4.39 Å². The average molecular weight is 275 g/mol. The Morgan fingerprint density at radius 2 is 2.22 bits per heavy atom. The molecule has 0 fully saturated rings. The summed E-state index contributed by atoms with van der Waals surface area (Å²) in [5, 5.41) is 2.81. The first-order chi connectivity index (χ1) is 8.17. The number of hydrogen-bond acceptors (Lipinski definition) is 2. The molecule has 0 heterocycles. The minimum absolute atomic E-state index is 0. The molecule has 5 heteroatoms. The molecule has 1 amide bonds. The first-order valence-corrected chi connectivity index (χ1v) is 5.94. The maximum atomic E-state index is 12.9. The summed E-state index contributed by atoms with van der Waals surface area (Å²) in [6.07, 6.45) is 2.94. The van der Waals surface area contributed by atoms with Crippen LogP contribution in [0.15, 0.2) is 24.3 Å². The van der Waals surface area contributed by atoms with Crippen molar-refractivity contribution >= 4 is 18.3 Å². The van der Waals surface area contributed by atoms with Crippen LogP contribution in [-0.4, -0.2) is 18.5 Å². The molecule has 0 spiro atoms. The quantitative estimate of drug-likeness (QED) is 0.837. The van der Waals surface area contributed by atoms with E-state index in [1.54, 1.807) is 6.07 Å². The summed E-state index contributed by atoms with van der Waals surface area (Å²) in [4.78, 5) is 11.8. The van der Waals surface area contributed by atoms with Gasteiger partial charge in [0.2, 0.25) is 0 Å². The maximum absolute atomic E-state index is 12.9. The zero-order valence-corrected chi connectivity index (χ0v) is 11.3. The van der Waals surface area contributed by atoms with Gasteiger partial charge in [0.15, 0.2) is 0 Å². The lowest BCUT2D eigenvalue weighted by Gasteiger charge is -2.16. The Balaban J connectivity index is 0.00000289. The molecular weight excluding hydrogens is 255 g/mol. The SMILES string of the molecule is CCCCC(CN)NC(=O)c1cccc(F)c1.Cl. The molecule has 0 aliphatic heterocycles. The molecule has 1 aromatic carbocycles. The predicted octanol–water partition coefficient (Wildman–Crippen LogP) is 2.49. The Morgan fingerprint density at radius 3 is 2.78 bits per heavy atom. The number of carbonyl (C=O) groups is 1. The predicted molar refractivity (Wildman–Crippen MR) is 73.5 cm³/mol. The standard InChI is InChI=1S/C13H19FN2O.ClH/c1-2-3-7-12(9-15)16-13(17)10-5-4-6-11(14)8-10;/h4-6,8,12H,2-3,7,9,15H2,1H3,(H,16,17);1H. The van der Waals surface area contributed by atoms with Gasteiger partial charge in [0.1, 0.15) is 5.82 Å². The Morgan fingerprint density at radius 1 is 1.50 bits per heavy atom. The van der Waals surface area contributed by atoms with Crippen LogP contribution in [-0.2, 0) is 0 Å². The number of amides is 1. The summed E-state index contributed by atoms with van der Waals surface area (Å²) in [6.45, 7) is 2.49. The number of nitrogens with one attached hydrogen (secondary N) is 1. The first-order valence-electron chi connectivity index (χ1n) is 5.94. The second kappa shape index (κ2) is 8.89. The zero-order valence-electron chi connectivity index (χ0n) is 10.5. The van der Waals surface area contributed by atoms with Crippen molar-refractivity contribution < 1.29 is 9.18 Å². The lowest BCUT2D eigenvalue weighted by Crippen LogP contribution is -2.40. The van der Waals surface area contributed by atoms with Crippen LogP contribution in [0.3, 0.4) is 0 Å². The van der Waals surface area contributed by atoms with Crippen LogP contribution in [0.25, 0.3) is 0 Å². The number of unbranched alkanes of at least 4 members (excludes halogenated alkanes) is 1. The smallest absolute Gasteiger partial charge is 0.251 e. The van der Waals surface area contributed by atoms with Crippen molar-refractivity contribution in [2.45, 2.75) is 32.2 Å². The van der Waals surface area contributed by atoms with Crippen LogP contribution in [0, 0.1) is 5.82 Å². The van der Waals surface area contributed by atoms with Crippen LogP contribution in [0.2, 0.25) is 0 Å². The van der Waals surface area contributed by atoms with Crippen LogP contribution in [0.5, 0.6) is 0 Å². The summed E-state index contributed by atoms with van der Waals surface area (Å²) in [7, 11) is 0. The molecule has 102 valence electrons. The molecule has 0 aliphatic rings. The van der Waals surface area contributed by atoms with Crippen molar-refractivity contribution in [3.05, 3.63) is 35.6 Å². The monoisotopic (exact) mass is 274 g/mol. The molecule has 0 radical (unpaired) electrons. The van der Waals surface area contributed by atoms with Crippen molar-refractivity contribution in [2.24, 2.45) is 5.73 Å². The highest BCUT2D eigenvalue weighted by atomic mass is 35.5. The third-order valence-corrected chi connectivity index (χ3v) is 2.61. The van der Waals surface area contributed by atoms with E-state index in [1.807, 2.05) is 0 Å². The van der Waals surface area contributed by atoms with E-state index in [4.69, 9.17) is 5.73 Å². The molecule has 0 aliphatic carbocycles. The van der Waals surface area contributed by atoms with Gasteiger partial charge in [-0.3, -0.25) is 4.79 Å². The molecule has 1 rings (SSSR count). The molecule has 1 atom stereocenters. The van der Waals surface area contributed by atoms with E-state index >= 15 is 0 Å². The molecule has 0 bridgehead atoms. The van der Waals surface area contributed by atoms with Gasteiger partial charge in [0.25, 0.3) is 5.91 Å². The summed E-state index contributed by atoms with van der Waals surface area (Å²) in [5.41, 5.74) is 5.91.